The standard InChI is InChI=1S/C19H20ClNO2/c1-12-10-16(8-9-17(12)20)23-14(3)19(22)21-13(2)11-15-6-4-5-7-18(15)21/h4-10,13-14H,11H2,1-3H3. The van der Waals surface area contributed by atoms with Gasteiger partial charge in [0.25, 0.3) is 5.91 Å². The summed E-state index contributed by atoms with van der Waals surface area (Å²) < 4.78 is 5.84. The van der Waals surface area contributed by atoms with Crippen LogP contribution in [0.3, 0.4) is 0 Å². The van der Waals surface area contributed by atoms with Crippen molar-refractivity contribution in [2.45, 2.75) is 39.3 Å². The number of amides is 1. The summed E-state index contributed by atoms with van der Waals surface area (Å²) in [6.07, 6.45) is 0.332. The number of carbonyl (C=O) groups excluding carboxylic acids is 1. The molecule has 0 bridgehead atoms. The van der Waals surface area contributed by atoms with Crippen LogP contribution in [0.15, 0.2) is 42.5 Å². The third kappa shape index (κ3) is 3.06. The molecule has 120 valence electrons. The summed E-state index contributed by atoms with van der Waals surface area (Å²) in [5.74, 6) is 0.642. The zero-order valence-electron chi connectivity index (χ0n) is 13.5. The Kier molecular flexibility index (Phi) is 4.31. The largest absolute Gasteiger partial charge is 0.481 e. The number of hydrogen-bond donors (Lipinski definition) is 0. The van der Waals surface area contributed by atoms with E-state index in [9.17, 15) is 4.79 Å². The molecule has 2 aromatic rings. The summed E-state index contributed by atoms with van der Waals surface area (Å²) in [4.78, 5) is 14.7. The summed E-state index contributed by atoms with van der Waals surface area (Å²) >= 11 is 6.03. The van der Waals surface area contributed by atoms with E-state index in [2.05, 4.69) is 13.0 Å². The Morgan fingerprint density at radius 3 is 2.78 bits per heavy atom. The molecule has 2 aromatic carbocycles. The van der Waals surface area contributed by atoms with Gasteiger partial charge in [0.05, 0.1) is 0 Å². The molecule has 3 nitrogen and oxygen atoms in total. The van der Waals surface area contributed by atoms with Gasteiger partial charge >= 0.3 is 0 Å². The van der Waals surface area contributed by atoms with E-state index in [1.54, 1.807) is 19.1 Å². The van der Waals surface area contributed by atoms with Crippen molar-refractivity contribution >= 4 is 23.2 Å². The van der Waals surface area contributed by atoms with E-state index in [0.29, 0.717) is 10.8 Å². The van der Waals surface area contributed by atoms with Crippen LogP contribution in [-0.4, -0.2) is 18.1 Å². The molecule has 2 atom stereocenters. The molecule has 0 aromatic heterocycles. The molecular weight excluding hydrogens is 310 g/mol. The predicted octanol–water partition coefficient (Wildman–Crippen LogP) is 4.39. The molecule has 4 heteroatoms. The lowest BCUT2D eigenvalue weighted by atomic mass is 10.1. The third-order valence-corrected chi connectivity index (χ3v) is 4.66. The van der Waals surface area contributed by atoms with Crippen LogP contribution >= 0.6 is 11.6 Å². The van der Waals surface area contributed by atoms with Crippen LogP contribution in [0, 0.1) is 6.92 Å². The number of halogens is 1. The first-order chi connectivity index (χ1) is 11.0. The van der Waals surface area contributed by atoms with Gasteiger partial charge in [-0.25, -0.2) is 0 Å². The molecule has 0 N–H and O–H groups in total. The van der Waals surface area contributed by atoms with Crippen molar-refractivity contribution in [3.05, 3.63) is 58.6 Å². The topological polar surface area (TPSA) is 29.5 Å². The third-order valence-electron chi connectivity index (χ3n) is 4.23. The second kappa shape index (κ2) is 6.25. The Hall–Kier alpha value is -2.00. The zero-order chi connectivity index (χ0) is 16.6. The van der Waals surface area contributed by atoms with Crippen LogP contribution in [0.25, 0.3) is 0 Å². The fourth-order valence-electron chi connectivity index (χ4n) is 3.04. The summed E-state index contributed by atoms with van der Waals surface area (Å²) in [5, 5.41) is 0.693. The quantitative estimate of drug-likeness (QED) is 0.835. The molecule has 0 saturated heterocycles. The normalized spacial score (nSPS) is 17.7. The molecule has 0 radical (unpaired) electrons. The van der Waals surface area contributed by atoms with E-state index in [0.717, 1.165) is 17.7 Å². The number of rotatable bonds is 3. The first-order valence-electron chi connectivity index (χ1n) is 7.81. The number of hydrogen-bond acceptors (Lipinski definition) is 2. The van der Waals surface area contributed by atoms with Crippen molar-refractivity contribution < 1.29 is 9.53 Å². The second-order valence-electron chi connectivity index (χ2n) is 6.06. The molecule has 0 spiro atoms. The monoisotopic (exact) mass is 329 g/mol. The van der Waals surface area contributed by atoms with Gasteiger partial charge in [-0.3, -0.25) is 4.79 Å². The summed E-state index contributed by atoms with van der Waals surface area (Å²) in [7, 11) is 0. The SMILES string of the molecule is Cc1cc(OC(C)C(=O)N2c3ccccc3CC2C)ccc1Cl. The van der Waals surface area contributed by atoms with Crippen molar-refractivity contribution in [2.24, 2.45) is 0 Å². The Morgan fingerprint density at radius 1 is 1.30 bits per heavy atom. The highest BCUT2D eigenvalue weighted by Crippen LogP contribution is 2.32. The number of fused-ring (bicyclic) bond motifs is 1. The van der Waals surface area contributed by atoms with Crippen LogP contribution in [0.4, 0.5) is 5.69 Å². The number of carbonyl (C=O) groups is 1. The number of nitrogens with zero attached hydrogens (tertiary/aromatic N) is 1. The van der Waals surface area contributed by atoms with Gasteiger partial charge < -0.3 is 9.64 Å². The van der Waals surface area contributed by atoms with Gasteiger partial charge in [0.2, 0.25) is 0 Å². The molecule has 1 amide bonds. The van der Waals surface area contributed by atoms with Crippen LogP contribution in [0.1, 0.15) is 25.0 Å². The van der Waals surface area contributed by atoms with Crippen molar-refractivity contribution in [3.63, 3.8) is 0 Å². The smallest absolute Gasteiger partial charge is 0.268 e. The number of para-hydroxylation sites is 1. The highest BCUT2D eigenvalue weighted by Gasteiger charge is 2.33. The molecule has 0 aliphatic carbocycles. The van der Waals surface area contributed by atoms with Crippen molar-refractivity contribution in [1.29, 1.82) is 0 Å². The van der Waals surface area contributed by atoms with Gasteiger partial charge in [-0.1, -0.05) is 29.8 Å². The van der Waals surface area contributed by atoms with Gasteiger partial charge in [0.1, 0.15) is 5.75 Å². The number of ether oxygens (including phenoxy) is 1. The summed E-state index contributed by atoms with van der Waals surface area (Å²) in [5.41, 5.74) is 3.14. The molecule has 3 rings (SSSR count). The number of anilines is 1. The lowest BCUT2D eigenvalue weighted by molar-refractivity contribution is -0.124. The van der Waals surface area contributed by atoms with Gasteiger partial charge in [0.15, 0.2) is 6.10 Å². The maximum atomic E-state index is 12.8. The van der Waals surface area contributed by atoms with E-state index in [-0.39, 0.29) is 11.9 Å². The molecule has 0 saturated carbocycles. The average Bonchev–Trinajstić information content (AvgIpc) is 2.86. The minimum absolute atomic E-state index is 0.0185. The maximum absolute atomic E-state index is 12.8. The summed E-state index contributed by atoms with van der Waals surface area (Å²) in [6, 6.07) is 13.6. The zero-order valence-corrected chi connectivity index (χ0v) is 14.3. The van der Waals surface area contributed by atoms with Gasteiger partial charge in [-0.05, 0) is 62.6 Å². The van der Waals surface area contributed by atoms with E-state index in [1.165, 1.54) is 5.56 Å². The van der Waals surface area contributed by atoms with Gasteiger partial charge in [-0.2, -0.15) is 0 Å². The lowest BCUT2D eigenvalue weighted by Gasteiger charge is -2.26. The first kappa shape index (κ1) is 15.9. The molecule has 2 unspecified atom stereocenters. The van der Waals surface area contributed by atoms with Crippen LogP contribution in [-0.2, 0) is 11.2 Å². The highest BCUT2D eigenvalue weighted by molar-refractivity contribution is 6.31. The van der Waals surface area contributed by atoms with E-state index in [4.69, 9.17) is 16.3 Å². The minimum atomic E-state index is -0.552. The molecular formula is C19H20ClNO2. The molecule has 23 heavy (non-hydrogen) atoms. The summed E-state index contributed by atoms with van der Waals surface area (Å²) in [6.45, 7) is 5.78. The Balaban J connectivity index is 1.78. The maximum Gasteiger partial charge on any atom is 0.268 e. The van der Waals surface area contributed by atoms with E-state index in [1.807, 2.05) is 36.1 Å². The van der Waals surface area contributed by atoms with E-state index >= 15 is 0 Å². The van der Waals surface area contributed by atoms with E-state index < -0.39 is 6.10 Å². The van der Waals surface area contributed by atoms with Crippen LogP contribution in [0.2, 0.25) is 5.02 Å². The fraction of sp³-hybridized carbons (Fsp3) is 0.316. The molecule has 1 heterocycles. The predicted molar refractivity (Wildman–Crippen MR) is 93.4 cm³/mol. The Morgan fingerprint density at radius 2 is 2.04 bits per heavy atom. The molecule has 1 aliphatic rings. The fourth-order valence-corrected chi connectivity index (χ4v) is 3.16. The minimum Gasteiger partial charge on any atom is -0.481 e. The van der Waals surface area contributed by atoms with Crippen molar-refractivity contribution in [3.8, 4) is 5.75 Å². The first-order valence-corrected chi connectivity index (χ1v) is 8.19. The highest BCUT2D eigenvalue weighted by atomic mass is 35.5. The Bertz CT molecular complexity index is 744. The van der Waals surface area contributed by atoms with Crippen LogP contribution in [0.5, 0.6) is 5.75 Å². The van der Waals surface area contributed by atoms with Gasteiger partial charge in [-0.15, -0.1) is 0 Å². The molecule has 1 aliphatic heterocycles. The lowest BCUT2D eigenvalue weighted by Crippen LogP contribution is -2.43. The second-order valence-corrected chi connectivity index (χ2v) is 6.47. The van der Waals surface area contributed by atoms with Crippen molar-refractivity contribution in [1.82, 2.24) is 0 Å². The van der Waals surface area contributed by atoms with Gasteiger partial charge in [0, 0.05) is 16.8 Å². The van der Waals surface area contributed by atoms with Crippen LogP contribution < -0.4 is 9.64 Å². The number of aryl methyl sites for hydroxylation is 1. The van der Waals surface area contributed by atoms with Crippen molar-refractivity contribution in [2.75, 3.05) is 4.90 Å². The molecule has 0 fully saturated rings. The Labute approximate surface area is 141 Å². The number of benzene rings is 2. The average molecular weight is 330 g/mol.